The summed E-state index contributed by atoms with van der Waals surface area (Å²) in [5.74, 6) is 1.21. The van der Waals surface area contributed by atoms with Crippen LogP contribution in [0.3, 0.4) is 0 Å². The zero-order chi connectivity index (χ0) is 15.9. The molecule has 1 aliphatic carbocycles. The van der Waals surface area contributed by atoms with Gasteiger partial charge >= 0.3 is 0 Å². The molecule has 0 spiro atoms. The highest BCUT2D eigenvalue weighted by molar-refractivity contribution is 5.91. The minimum atomic E-state index is 0.583. The Kier molecular flexibility index (Phi) is 3.01. The molecule has 0 bridgehead atoms. The topological polar surface area (TPSA) is 43.9 Å². The summed E-state index contributed by atoms with van der Waals surface area (Å²) >= 11 is 0. The number of oxazole rings is 1. The number of hydrogen-bond donors (Lipinski definition) is 0. The van der Waals surface area contributed by atoms with Gasteiger partial charge in [-0.15, -0.1) is 0 Å². The summed E-state index contributed by atoms with van der Waals surface area (Å²) in [7, 11) is 0. The lowest BCUT2D eigenvalue weighted by atomic mass is 10.2. The van der Waals surface area contributed by atoms with Crippen molar-refractivity contribution in [3.63, 3.8) is 0 Å². The zero-order valence-corrected chi connectivity index (χ0v) is 13.2. The van der Waals surface area contributed by atoms with E-state index in [1.54, 1.807) is 6.26 Å². The molecule has 5 rings (SSSR count). The van der Waals surface area contributed by atoms with Gasteiger partial charge in [0.2, 0.25) is 5.89 Å². The maximum Gasteiger partial charge on any atom is 0.247 e. The van der Waals surface area contributed by atoms with Crippen LogP contribution in [-0.4, -0.2) is 14.8 Å². The van der Waals surface area contributed by atoms with E-state index in [-0.39, 0.29) is 0 Å². The van der Waals surface area contributed by atoms with Crippen molar-refractivity contribution in [2.24, 2.45) is 0 Å². The van der Waals surface area contributed by atoms with E-state index in [1.165, 1.54) is 18.4 Å². The molecule has 4 nitrogen and oxygen atoms in total. The third-order valence-corrected chi connectivity index (χ3v) is 4.55. The molecule has 0 atom stereocenters. The van der Waals surface area contributed by atoms with Crippen LogP contribution < -0.4 is 0 Å². The first-order chi connectivity index (χ1) is 11.9. The van der Waals surface area contributed by atoms with Crippen LogP contribution in [0.4, 0.5) is 0 Å². The van der Waals surface area contributed by atoms with E-state index in [4.69, 9.17) is 9.52 Å². The van der Waals surface area contributed by atoms with Gasteiger partial charge < -0.3 is 4.42 Å². The smallest absolute Gasteiger partial charge is 0.247 e. The van der Waals surface area contributed by atoms with Crippen LogP contribution in [0.1, 0.15) is 30.0 Å². The highest BCUT2D eigenvalue weighted by Crippen LogP contribution is 2.40. The SMILES string of the molecule is c1ccc(Cn2nc(-c3nc(C4CC4)co3)c3ccccc32)cc1. The maximum absolute atomic E-state index is 5.74. The number of hydrogen-bond acceptors (Lipinski definition) is 3. The Labute approximate surface area is 139 Å². The van der Waals surface area contributed by atoms with E-state index in [2.05, 4.69) is 41.4 Å². The molecule has 0 unspecified atom stereocenters. The summed E-state index contributed by atoms with van der Waals surface area (Å²) in [4.78, 5) is 4.67. The highest BCUT2D eigenvalue weighted by atomic mass is 16.3. The van der Waals surface area contributed by atoms with Gasteiger partial charge in [0.15, 0.2) is 5.69 Å². The van der Waals surface area contributed by atoms with Gasteiger partial charge in [-0.25, -0.2) is 4.98 Å². The van der Waals surface area contributed by atoms with Crippen LogP contribution >= 0.6 is 0 Å². The first kappa shape index (κ1) is 13.5. The summed E-state index contributed by atoms with van der Waals surface area (Å²) in [6.45, 7) is 0.734. The standard InChI is InChI=1S/C20H17N3O/c1-2-6-14(7-3-1)12-23-18-9-5-4-8-16(18)19(22-23)20-21-17(13-24-20)15-10-11-15/h1-9,13,15H,10-12H2. The first-order valence-electron chi connectivity index (χ1n) is 8.34. The van der Waals surface area contributed by atoms with Gasteiger partial charge in [-0.05, 0) is 24.5 Å². The lowest BCUT2D eigenvalue weighted by molar-refractivity contribution is 0.567. The Morgan fingerprint density at radius 3 is 2.62 bits per heavy atom. The second kappa shape index (κ2) is 5.34. The molecular formula is C20H17N3O. The van der Waals surface area contributed by atoms with E-state index in [9.17, 15) is 0 Å². The number of fused-ring (bicyclic) bond motifs is 1. The molecule has 0 radical (unpaired) electrons. The predicted octanol–water partition coefficient (Wildman–Crippen LogP) is 4.62. The van der Waals surface area contributed by atoms with Crippen molar-refractivity contribution in [2.45, 2.75) is 25.3 Å². The van der Waals surface area contributed by atoms with E-state index in [1.807, 2.05) is 22.9 Å². The molecule has 118 valence electrons. The molecule has 4 aromatic rings. The van der Waals surface area contributed by atoms with Gasteiger partial charge in [-0.1, -0.05) is 48.5 Å². The molecule has 2 heterocycles. The largest absolute Gasteiger partial charge is 0.443 e. The van der Waals surface area contributed by atoms with Crippen molar-refractivity contribution in [3.8, 4) is 11.6 Å². The van der Waals surface area contributed by atoms with Gasteiger partial charge in [-0.3, -0.25) is 4.68 Å². The Balaban J connectivity index is 1.60. The lowest BCUT2D eigenvalue weighted by Gasteiger charge is -2.03. The third-order valence-electron chi connectivity index (χ3n) is 4.55. The lowest BCUT2D eigenvalue weighted by Crippen LogP contribution is -2.01. The molecule has 2 aromatic heterocycles. The average molecular weight is 315 g/mol. The first-order valence-corrected chi connectivity index (χ1v) is 8.34. The molecular weight excluding hydrogens is 298 g/mol. The van der Waals surface area contributed by atoms with Gasteiger partial charge in [0.05, 0.1) is 17.8 Å². The van der Waals surface area contributed by atoms with Crippen molar-refractivity contribution < 1.29 is 4.42 Å². The number of benzene rings is 2. The Morgan fingerprint density at radius 1 is 1.00 bits per heavy atom. The Bertz CT molecular complexity index is 996. The monoisotopic (exact) mass is 315 g/mol. The summed E-state index contributed by atoms with van der Waals surface area (Å²) in [5, 5.41) is 5.89. The molecule has 0 amide bonds. The van der Waals surface area contributed by atoms with Gasteiger partial charge in [0, 0.05) is 11.3 Å². The van der Waals surface area contributed by atoms with Crippen molar-refractivity contribution >= 4 is 10.9 Å². The van der Waals surface area contributed by atoms with Crippen LogP contribution in [-0.2, 0) is 6.54 Å². The van der Waals surface area contributed by atoms with Crippen molar-refractivity contribution in [2.75, 3.05) is 0 Å². The molecule has 4 heteroatoms. The fourth-order valence-corrected chi connectivity index (χ4v) is 3.12. The van der Waals surface area contributed by atoms with E-state index >= 15 is 0 Å². The molecule has 1 aliphatic rings. The molecule has 1 fully saturated rings. The summed E-state index contributed by atoms with van der Waals surface area (Å²) in [5.41, 5.74) is 4.21. The average Bonchev–Trinajstić information content (AvgIpc) is 3.25. The number of para-hydroxylation sites is 1. The molecule has 1 saturated carbocycles. The van der Waals surface area contributed by atoms with Crippen molar-refractivity contribution in [3.05, 3.63) is 72.1 Å². The third kappa shape index (κ3) is 2.31. The van der Waals surface area contributed by atoms with Crippen LogP contribution in [0.15, 0.2) is 65.3 Å². The molecule has 2 aromatic carbocycles. The second-order valence-corrected chi connectivity index (χ2v) is 6.36. The minimum absolute atomic E-state index is 0.583. The molecule has 0 saturated heterocycles. The number of aromatic nitrogens is 3. The van der Waals surface area contributed by atoms with Gasteiger partial charge in [0.25, 0.3) is 0 Å². The second-order valence-electron chi connectivity index (χ2n) is 6.36. The molecule has 24 heavy (non-hydrogen) atoms. The van der Waals surface area contributed by atoms with Crippen LogP contribution in [0.2, 0.25) is 0 Å². The van der Waals surface area contributed by atoms with E-state index < -0.39 is 0 Å². The highest BCUT2D eigenvalue weighted by Gasteiger charge is 2.28. The van der Waals surface area contributed by atoms with Crippen molar-refractivity contribution in [1.29, 1.82) is 0 Å². The predicted molar refractivity (Wildman–Crippen MR) is 92.7 cm³/mol. The maximum atomic E-state index is 5.74. The van der Waals surface area contributed by atoms with Gasteiger partial charge in [-0.2, -0.15) is 5.10 Å². The van der Waals surface area contributed by atoms with Crippen molar-refractivity contribution in [1.82, 2.24) is 14.8 Å². The fourth-order valence-electron chi connectivity index (χ4n) is 3.12. The summed E-state index contributed by atoms with van der Waals surface area (Å²) < 4.78 is 7.77. The van der Waals surface area contributed by atoms with E-state index in [0.717, 1.165) is 28.8 Å². The Hall–Kier alpha value is -2.88. The molecule has 0 N–H and O–H groups in total. The quantitative estimate of drug-likeness (QED) is 0.552. The summed E-state index contributed by atoms with van der Waals surface area (Å²) in [6, 6.07) is 18.6. The van der Waals surface area contributed by atoms with E-state index in [0.29, 0.717) is 11.8 Å². The number of nitrogens with zero attached hydrogens (tertiary/aromatic N) is 3. The van der Waals surface area contributed by atoms with Crippen LogP contribution in [0.5, 0.6) is 0 Å². The number of rotatable bonds is 4. The zero-order valence-electron chi connectivity index (χ0n) is 13.2. The Morgan fingerprint density at radius 2 is 1.79 bits per heavy atom. The minimum Gasteiger partial charge on any atom is -0.443 e. The normalized spacial score (nSPS) is 14.3. The van der Waals surface area contributed by atoms with Gasteiger partial charge in [0.1, 0.15) is 6.26 Å². The van der Waals surface area contributed by atoms with Crippen LogP contribution in [0.25, 0.3) is 22.5 Å². The molecule has 0 aliphatic heterocycles. The summed E-state index contributed by atoms with van der Waals surface area (Å²) in [6.07, 6.45) is 4.22. The fraction of sp³-hybridized carbons (Fsp3) is 0.200. The van der Waals surface area contributed by atoms with Crippen LogP contribution in [0, 0.1) is 0 Å².